The van der Waals surface area contributed by atoms with Gasteiger partial charge in [-0.2, -0.15) is 0 Å². The first kappa shape index (κ1) is 18.6. The number of ketones is 1. The van der Waals surface area contributed by atoms with Gasteiger partial charge in [0.15, 0.2) is 5.78 Å². The second-order valence-corrected chi connectivity index (χ2v) is 8.24. The molecule has 140 valence electrons. The number of hydrogen-bond donors (Lipinski definition) is 1. The average molecular weight is 358 g/mol. The lowest BCUT2D eigenvalue weighted by atomic mass is 9.87. The summed E-state index contributed by atoms with van der Waals surface area (Å²) in [6.07, 6.45) is 0.955. The molecule has 1 aromatic rings. The number of fused-ring (bicyclic) bond motifs is 1. The third-order valence-electron chi connectivity index (χ3n) is 4.85. The zero-order valence-corrected chi connectivity index (χ0v) is 15.5. The van der Waals surface area contributed by atoms with Gasteiger partial charge in [-0.25, -0.2) is 0 Å². The average Bonchev–Trinajstić information content (AvgIpc) is 3.16. The van der Waals surface area contributed by atoms with Crippen LogP contribution in [0.25, 0.3) is 0 Å². The van der Waals surface area contributed by atoms with E-state index in [0.29, 0.717) is 24.9 Å². The van der Waals surface area contributed by atoms with Gasteiger partial charge < -0.3 is 15.0 Å². The van der Waals surface area contributed by atoms with Gasteiger partial charge in [0.1, 0.15) is 18.7 Å². The quantitative estimate of drug-likeness (QED) is 0.890. The lowest BCUT2D eigenvalue weighted by Gasteiger charge is -2.31. The van der Waals surface area contributed by atoms with Crippen LogP contribution in [-0.4, -0.2) is 53.8 Å². The van der Waals surface area contributed by atoms with Crippen LogP contribution in [0.5, 0.6) is 0 Å². The molecule has 2 aliphatic heterocycles. The van der Waals surface area contributed by atoms with E-state index in [9.17, 15) is 14.4 Å². The van der Waals surface area contributed by atoms with Crippen molar-refractivity contribution in [2.75, 3.05) is 13.2 Å². The molecule has 26 heavy (non-hydrogen) atoms. The molecule has 2 amide bonds. The Labute approximate surface area is 153 Å². The van der Waals surface area contributed by atoms with Gasteiger partial charge in [-0.1, -0.05) is 39.0 Å². The van der Waals surface area contributed by atoms with E-state index in [0.717, 1.165) is 0 Å². The third kappa shape index (κ3) is 3.96. The Bertz CT molecular complexity index is 696. The Hall–Kier alpha value is -2.21. The maximum Gasteiger partial charge on any atom is 0.251 e. The van der Waals surface area contributed by atoms with E-state index in [-0.39, 0.29) is 35.7 Å². The SMILES string of the molecule is CC(C)(C)CC(NC(=O)c1ccccc1)C(=O)N1CCC2OCC(=O)C21. The minimum absolute atomic E-state index is 0.0512. The first-order chi connectivity index (χ1) is 12.3. The van der Waals surface area contributed by atoms with Crippen LogP contribution in [0.2, 0.25) is 0 Å². The van der Waals surface area contributed by atoms with Crippen LogP contribution in [0.3, 0.4) is 0 Å². The summed E-state index contributed by atoms with van der Waals surface area (Å²) in [6, 6.07) is 7.67. The lowest BCUT2D eigenvalue weighted by Crippen LogP contribution is -2.53. The molecule has 0 aliphatic carbocycles. The molecule has 0 radical (unpaired) electrons. The summed E-state index contributed by atoms with van der Waals surface area (Å²) in [7, 11) is 0. The smallest absolute Gasteiger partial charge is 0.251 e. The highest BCUT2D eigenvalue weighted by Crippen LogP contribution is 2.29. The topological polar surface area (TPSA) is 75.7 Å². The van der Waals surface area contributed by atoms with E-state index in [1.807, 2.05) is 26.8 Å². The molecule has 3 rings (SSSR count). The molecule has 0 spiro atoms. The Morgan fingerprint density at radius 3 is 2.62 bits per heavy atom. The molecule has 3 atom stereocenters. The van der Waals surface area contributed by atoms with Crippen LogP contribution in [0.4, 0.5) is 0 Å². The summed E-state index contributed by atoms with van der Waals surface area (Å²) >= 11 is 0. The summed E-state index contributed by atoms with van der Waals surface area (Å²) in [4.78, 5) is 39.5. The van der Waals surface area contributed by atoms with Gasteiger partial charge in [-0.3, -0.25) is 14.4 Å². The fourth-order valence-electron chi connectivity index (χ4n) is 3.69. The van der Waals surface area contributed by atoms with Crippen LogP contribution < -0.4 is 5.32 Å². The molecule has 2 heterocycles. The second kappa shape index (κ2) is 7.19. The Kier molecular flexibility index (Phi) is 5.14. The van der Waals surface area contributed by atoms with Crippen LogP contribution in [-0.2, 0) is 14.3 Å². The number of hydrogen-bond acceptors (Lipinski definition) is 4. The number of likely N-dealkylation sites (tertiary alicyclic amines) is 1. The Balaban J connectivity index is 1.78. The number of nitrogens with one attached hydrogen (secondary N) is 1. The summed E-state index contributed by atoms with van der Waals surface area (Å²) in [5.41, 5.74) is 0.360. The summed E-state index contributed by atoms with van der Waals surface area (Å²) in [5.74, 6) is -0.529. The minimum atomic E-state index is -0.671. The van der Waals surface area contributed by atoms with Crippen LogP contribution >= 0.6 is 0 Å². The minimum Gasteiger partial charge on any atom is -0.368 e. The zero-order chi connectivity index (χ0) is 18.9. The predicted octanol–water partition coefficient (Wildman–Crippen LogP) is 1.79. The van der Waals surface area contributed by atoms with Gasteiger partial charge in [-0.15, -0.1) is 0 Å². The second-order valence-electron chi connectivity index (χ2n) is 8.24. The van der Waals surface area contributed by atoms with Gasteiger partial charge in [-0.05, 0) is 30.4 Å². The molecule has 0 bridgehead atoms. The Morgan fingerprint density at radius 2 is 1.96 bits per heavy atom. The van der Waals surface area contributed by atoms with Gasteiger partial charge in [0, 0.05) is 12.1 Å². The highest BCUT2D eigenvalue weighted by molar-refractivity contribution is 5.99. The van der Waals surface area contributed by atoms with E-state index in [1.54, 1.807) is 29.2 Å². The molecule has 6 nitrogen and oxygen atoms in total. The van der Waals surface area contributed by atoms with Crippen molar-refractivity contribution in [2.45, 2.75) is 51.8 Å². The first-order valence-corrected chi connectivity index (χ1v) is 9.07. The van der Waals surface area contributed by atoms with Gasteiger partial charge in [0.2, 0.25) is 5.91 Å². The highest BCUT2D eigenvalue weighted by atomic mass is 16.5. The lowest BCUT2D eigenvalue weighted by molar-refractivity contribution is -0.138. The summed E-state index contributed by atoms with van der Waals surface area (Å²) < 4.78 is 5.47. The van der Waals surface area contributed by atoms with Gasteiger partial charge in [0.05, 0.1) is 6.10 Å². The molecule has 0 saturated carbocycles. The van der Waals surface area contributed by atoms with Gasteiger partial charge >= 0.3 is 0 Å². The van der Waals surface area contributed by atoms with E-state index in [2.05, 4.69) is 5.32 Å². The number of carbonyl (C=O) groups is 3. The number of rotatable bonds is 4. The number of carbonyl (C=O) groups excluding carboxylic acids is 3. The first-order valence-electron chi connectivity index (χ1n) is 9.07. The van der Waals surface area contributed by atoms with E-state index in [4.69, 9.17) is 4.74 Å². The molecular formula is C20H26N2O4. The maximum atomic E-state index is 13.2. The normalized spacial score (nSPS) is 23.7. The zero-order valence-electron chi connectivity index (χ0n) is 15.5. The monoisotopic (exact) mass is 358 g/mol. The van der Waals surface area contributed by atoms with E-state index < -0.39 is 12.1 Å². The van der Waals surface area contributed by atoms with E-state index >= 15 is 0 Å². The predicted molar refractivity (Wildman–Crippen MR) is 96.6 cm³/mol. The van der Waals surface area contributed by atoms with Crippen LogP contribution in [0, 0.1) is 5.41 Å². The van der Waals surface area contributed by atoms with Crippen LogP contribution in [0.15, 0.2) is 30.3 Å². The van der Waals surface area contributed by atoms with Crippen molar-refractivity contribution in [3.63, 3.8) is 0 Å². The van der Waals surface area contributed by atoms with Crippen molar-refractivity contribution in [3.05, 3.63) is 35.9 Å². The fourth-order valence-corrected chi connectivity index (χ4v) is 3.69. The van der Waals surface area contributed by atoms with Crippen LogP contribution in [0.1, 0.15) is 44.0 Å². The molecule has 6 heteroatoms. The van der Waals surface area contributed by atoms with Crippen molar-refractivity contribution in [1.29, 1.82) is 0 Å². The Morgan fingerprint density at radius 1 is 1.27 bits per heavy atom. The molecule has 0 aromatic heterocycles. The van der Waals surface area contributed by atoms with E-state index in [1.165, 1.54) is 0 Å². The molecule has 2 fully saturated rings. The van der Waals surface area contributed by atoms with Crippen molar-refractivity contribution >= 4 is 17.6 Å². The van der Waals surface area contributed by atoms with Crippen molar-refractivity contribution in [3.8, 4) is 0 Å². The number of amides is 2. The maximum absolute atomic E-state index is 13.2. The standard InChI is InChI=1S/C20H26N2O4/c1-20(2,3)11-14(21-18(24)13-7-5-4-6-8-13)19(25)22-10-9-16-17(22)15(23)12-26-16/h4-8,14,16-17H,9-12H2,1-3H3,(H,21,24). The largest absolute Gasteiger partial charge is 0.368 e. The highest BCUT2D eigenvalue weighted by Gasteiger charge is 2.48. The molecular weight excluding hydrogens is 332 g/mol. The van der Waals surface area contributed by atoms with Gasteiger partial charge in [0.25, 0.3) is 5.91 Å². The molecule has 2 saturated heterocycles. The van der Waals surface area contributed by atoms with Crippen molar-refractivity contribution in [2.24, 2.45) is 5.41 Å². The molecule has 1 aromatic carbocycles. The van der Waals surface area contributed by atoms with Crippen molar-refractivity contribution in [1.82, 2.24) is 10.2 Å². The third-order valence-corrected chi connectivity index (χ3v) is 4.85. The summed E-state index contributed by atoms with van der Waals surface area (Å²) in [6.45, 7) is 6.64. The number of nitrogens with zero attached hydrogens (tertiary/aromatic N) is 1. The van der Waals surface area contributed by atoms with Crippen molar-refractivity contribution < 1.29 is 19.1 Å². The molecule has 2 aliphatic rings. The number of ether oxygens (including phenoxy) is 1. The fraction of sp³-hybridized carbons (Fsp3) is 0.550. The molecule has 3 unspecified atom stereocenters. The number of Topliss-reactive ketones (excluding diaryl/α,β-unsaturated/α-hetero) is 1. The number of benzene rings is 1. The molecule has 1 N–H and O–H groups in total. The summed E-state index contributed by atoms with van der Waals surface area (Å²) in [5, 5.41) is 2.88.